The molecule has 19 heavy (non-hydrogen) atoms. The van der Waals surface area contributed by atoms with E-state index in [4.69, 9.17) is 15.0 Å². The summed E-state index contributed by atoms with van der Waals surface area (Å²) in [6, 6.07) is 5.70. The van der Waals surface area contributed by atoms with Crippen LogP contribution in [0.4, 0.5) is 5.69 Å². The molecule has 1 aromatic carbocycles. The monoisotopic (exact) mass is 261 g/mol. The number of rotatable bonds is 5. The smallest absolute Gasteiger partial charge is 0.258 e. The Kier molecular flexibility index (Phi) is 4.16. The number of anilines is 1. The Balaban J connectivity index is 2.27. The number of hydrogen-bond acceptors (Lipinski definition) is 5. The molecule has 5 heteroatoms. The minimum absolute atomic E-state index is 0.120. The zero-order valence-corrected chi connectivity index (χ0v) is 11.5. The number of methoxy groups -OCH3 is 1. The third kappa shape index (κ3) is 2.93. The summed E-state index contributed by atoms with van der Waals surface area (Å²) in [7, 11) is 1.65. The van der Waals surface area contributed by atoms with Crippen molar-refractivity contribution in [3.8, 4) is 11.5 Å². The predicted molar refractivity (Wildman–Crippen MR) is 73.5 cm³/mol. The highest BCUT2D eigenvalue weighted by molar-refractivity contribution is 5.62. The topological polar surface area (TPSA) is 74.2 Å². The van der Waals surface area contributed by atoms with Crippen LogP contribution in [-0.4, -0.2) is 17.3 Å². The molecule has 2 rings (SSSR count). The lowest BCUT2D eigenvalue weighted by Crippen LogP contribution is -2.03. The van der Waals surface area contributed by atoms with Crippen molar-refractivity contribution in [1.29, 1.82) is 0 Å². The Bertz CT molecular complexity index is 551. The average molecular weight is 261 g/mol. The van der Waals surface area contributed by atoms with Crippen LogP contribution in [0.2, 0.25) is 0 Å². The molecule has 0 aliphatic heterocycles. The summed E-state index contributed by atoms with van der Waals surface area (Å²) < 4.78 is 10.6. The third-order valence-corrected chi connectivity index (χ3v) is 3.09. The van der Waals surface area contributed by atoms with E-state index in [0.717, 1.165) is 24.0 Å². The standard InChI is InChI=1S/C14H19N3O2/c1-4-5-12(18-3)13-16-14(19-17-13)10-7-6-9(2)11(15)8-10/h6-8,12H,4-5,15H2,1-3H3. The molecule has 102 valence electrons. The van der Waals surface area contributed by atoms with Gasteiger partial charge in [0, 0.05) is 18.4 Å². The number of nitrogens with zero attached hydrogens (tertiary/aromatic N) is 2. The first-order valence-electron chi connectivity index (χ1n) is 6.38. The fourth-order valence-electron chi connectivity index (χ4n) is 1.87. The molecule has 0 aliphatic carbocycles. The summed E-state index contributed by atoms with van der Waals surface area (Å²) in [6.45, 7) is 4.05. The largest absolute Gasteiger partial charge is 0.398 e. The van der Waals surface area contributed by atoms with Crippen LogP contribution in [0.5, 0.6) is 0 Å². The van der Waals surface area contributed by atoms with E-state index in [-0.39, 0.29) is 6.10 Å². The molecule has 2 N–H and O–H groups in total. The lowest BCUT2D eigenvalue weighted by atomic mass is 10.1. The molecule has 0 saturated heterocycles. The number of hydrogen-bond donors (Lipinski definition) is 1. The van der Waals surface area contributed by atoms with Gasteiger partial charge in [-0.2, -0.15) is 4.98 Å². The van der Waals surface area contributed by atoms with Crippen molar-refractivity contribution in [3.05, 3.63) is 29.6 Å². The van der Waals surface area contributed by atoms with Crippen molar-refractivity contribution in [2.24, 2.45) is 0 Å². The van der Waals surface area contributed by atoms with Gasteiger partial charge in [-0.1, -0.05) is 24.6 Å². The molecule has 5 nitrogen and oxygen atoms in total. The van der Waals surface area contributed by atoms with Crippen LogP contribution in [0.15, 0.2) is 22.7 Å². The normalized spacial score (nSPS) is 12.6. The van der Waals surface area contributed by atoms with Crippen molar-refractivity contribution in [1.82, 2.24) is 10.1 Å². The van der Waals surface area contributed by atoms with Crippen LogP contribution in [0.3, 0.4) is 0 Å². The molecule has 2 aromatic rings. The molecule has 0 bridgehead atoms. The fraction of sp³-hybridized carbons (Fsp3) is 0.429. The van der Waals surface area contributed by atoms with Crippen LogP contribution in [0, 0.1) is 6.92 Å². The number of nitrogens with two attached hydrogens (primary N) is 1. The summed E-state index contributed by atoms with van der Waals surface area (Å²) in [4.78, 5) is 4.38. The number of aromatic nitrogens is 2. The zero-order valence-electron chi connectivity index (χ0n) is 11.5. The van der Waals surface area contributed by atoms with Crippen molar-refractivity contribution in [2.45, 2.75) is 32.8 Å². The van der Waals surface area contributed by atoms with Gasteiger partial charge in [0.25, 0.3) is 5.89 Å². The van der Waals surface area contributed by atoms with Crippen LogP contribution in [-0.2, 0) is 4.74 Å². The summed E-state index contributed by atoms with van der Waals surface area (Å²) >= 11 is 0. The second-order valence-corrected chi connectivity index (χ2v) is 4.54. The van der Waals surface area contributed by atoms with Crippen LogP contribution < -0.4 is 5.73 Å². The average Bonchev–Trinajstić information content (AvgIpc) is 2.88. The summed E-state index contributed by atoms with van der Waals surface area (Å²) in [5.41, 5.74) is 8.46. The van der Waals surface area contributed by atoms with Crippen molar-refractivity contribution < 1.29 is 9.26 Å². The van der Waals surface area contributed by atoms with E-state index >= 15 is 0 Å². The highest BCUT2D eigenvalue weighted by Gasteiger charge is 2.17. The van der Waals surface area contributed by atoms with E-state index in [9.17, 15) is 0 Å². The molecule has 0 fully saturated rings. The molecule has 0 aliphatic rings. The second-order valence-electron chi connectivity index (χ2n) is 4.54. The maximum Gasteiger partial charge on any atom is 0.258 e. The van der Waals surface area contributed by atoms with Gasteiger partial charge in [-0.05, 0) is 31.0 Å². The van der Waals surface area contributed by atoms with Gasteiger partial charge in [-0.25, -0.2) is 0 Å². The molecule has 0 amide bonds. The first-order valence-corrected chi connectivity index (χ1v) is 6.38. The first kappa shape index (κ1) is 13.5. The van der Waals surface area contributed by atoms with Gasteiger partial charge in [0.15, 0.2) is 0 Å². The molecule has 1 atom stereocenters. The quantitative estimate of drug-likeness (QED) is 0.837. The van der Waals surface area contributed by atoms with Gasteiger partial charge < -0.3 is 15.0 Å². The highest BCUT2D eigenvalue weighted by atomic mass is 16.5. The molecule has 1 unspecified atom stereocenters. The van der Waals surface area contributed by atoms with Crippen LogP contribution in [0.25, 0.3) is 11.5 Å². The van der Waals surface area contributed by atoms with Gasteiger partial charge in [0.05, 0.1) is 0 Å². The van der Waals surface area contributed by atoms with Gasteiger partial charge in [-0.3, -0.25) is 0 Å². The van der Waals surface area contributed by atoms with Crippen molar-refractivity contribution >= 4 is 5.69 Å². The summed E-state index contributed by atoms with van der Waals surface area (Å²) in [5.74, 6) is 1.05. The predicted octanol–water partition coefficient (Wildman–Crippen LogP) is 3.11. The van der Waals surface area contributed by atoms with Crippen molar-refractivity contribution in [2.75, 3.05) is 12.8 Å². The van der Waals surface area contributed by atoms with E-state index in [2.05, 4.69) is 17.1 Å². The van der Waals surface area contributed by atoms with E-state index in [1.807, 2.05) is 25.1 Å². The number of ether oxygens (including phenoxy) is 1. The molecule has 0 radical (unpaired) electrons. The number of aryl methyl sites for hydroxylation is 1. The highest BCUT2D eigenvalue weighted by Crippen LogP contribution is 2.25. The maximum atomic E-state index is 5.88. The van der Waals surface area contributed by atoms with E-state index in [1.54, 1.807) is 7.11 Å². The van der Waals surface area contributed by atoms with Gasteiger partial charge in [-0.15, -0.1) is 0 Å². The zero-order chi connectivity index (χ0) is 13.8. The molecule has 0 saturated carbocycles. The first-order chi connectivity index (χ1) is 9.15. The minimum atomic E-state index is -0.120. The number of nitrogen functional groups attached to an aromatic ring is 1. The SMILES string of the molecule is CCCC(OC)c1noc(-c2ccc(C)c(N)c2)n1. The third-order valence-electron chi connectivity index (χ3n) is 3.09. The summed E-state index contributed by atoms with van der Waals surface area (Å²) in [6.07, 6.45) is 1.75. The molecule has 1 aromatic heterocycles. The van der Waals surface area contributed by atoms with Crippen molar-refractivity contribution in [3.63, 3.8) is 0 Å². The lowest BCUT2D eigenvalue weighted by molar-refractivity contribution is 0.0854. The van der Waals surface area contributed by atoms with Crippen LogP contribution in [0.1, 0.15) is 37.3 Å². The van der Waals surface area contributed by atoms with E-state index < -0.39 is 0 Å². The Morgan fingerprint density at radius 3 is 2.84 bits per heavy atom. The van der Waals surface area contributed by atoms with E-state index in [1.165, 1.54) is 0 Å². The molecular weight excluding hydrogens is 242 g/mol. The van der Waals surface area contributed by atoms with Gasteiger partial charge in [0.1, 0.15) is 6.10 Å². The van der Waals surface area contributed by atoms with E-state index in [0.29, 0.717) is 17.4 Å². The lowest BCUT2D eigenvalue weighted by Gasteiger charge is -2.08. The Labute approximate surface area is 112 Å². The summed E-state index contributed by atoms with van der Waals surface area (Å²) in [5, 5.41) is 3.98. The Hall–Kier alpha value is -1.88. The minimum Gasteiger partial charge on any atom is -0.398 e. The second kappa shape index (κ2) is 5.84. The maximum absolute atomic E-state index is 5.88. The van der Waals surface area contributed by atoms with Gasteiger partial charge >= 0.3 is 0 Å². The molecule has 0 spiro atoms. The number of benzene rings is 1. The Morgan fingerprint density at radius 2 is 2.21 bits per heavy atom. The van der Waals surface area contributed by atoms with Crippen LogP contribution >= 0.6 is 0 Å². The molecule has 1 heterocycles. The fourth-order valence-corrected chi connectivity index (χ4v) is 1.87. The Morgan fingerprint density at radius 1 is 1.42 bits per heavy atom. The van der Waals surface area contributed by atoms with Gasteiger partial charge in [0.2, 0.25) is 5.82 Å². The molecular formula is C14H19N3O2.